The Morgan fingerprint density at radius 2 is 1.77 bits per heavy atom. The minimum Gasteiger partial charge on any atom is -0.485 e. The fourth-order valence-corrected chi connectivity index (χ4v) is 5.08. The van der Waals surface area contributed by atoms with Gasteiger partial charge in [0, 0.05) is 19.5 Å². The summed E-state index contributed by atoms with van der Waals surface area (Å²) in [5.41, 5.74) is 3.15. The van der Waals surface area contributed by atoms with Crippen LogP contribution in [0.15, 0.2) is 60.8 Å². The second-order valence-corrected chi connectivity index (χ2v) is 9.12. The Bertz CT molecular complexity index is 1120. The van der Waals surface area contributed by atoms with Gasteiger partial charge in [0.25, 0.3) is 0 Å². The third-order valence-corrected chi connectivity index (χ3v) is 6.96. The second kappa shape index (κ2) is 9.02. The molecule has 0 radical (unpaired) electrons. The van der Waals surface area contributed by atoms with Crippen LogP contribution in [0, 0.1) is 12.8 Å². The number of hydrogen-bond acceptors (Lipinski definition) is 6. The van der Waals surface area contributed by atoms with Crippen molar-refractivity contribution >= 4 is 26.7 Å². The summed E-state index contributed by atoms with van der Waals surface area (Å²) in [4.78, 5) is 16.6. The minimum atomic E-state index is 0.536. The van der Waals surface area contributed by atoms with E-state index < -0.39 is 0 Å². The lowest BCUT2D eigenvalue weighted by atomic mass is 9.93. The van der Waals surface area contributed by atoms with Crippen molar-refractivity contribution in [3.63, 3.8) is 0 Å². The molecule has 0 saturated carbocycles. The topological polar surface area (TPSA) is 51.1 Å². The number of benzene rings is 2. The average molecular weight is 431 g/mol. The van der Waals surface area contributed by atoms with E-state index in [-0.39, 0.29) is 0 Å². The molecule has 2 aromatic heterocycles. The second-order valence-electron chi connectivity index (χ2n) is 8.11. The Kier molecular flexibility index (Phi) is 5.80. The average Bonchev–Trinajstić information content (AvgIpc) is 3.24. The van der Waals surface area contributed by atoms with Gasteiger partial charge in [0.2, 0.25) is 0 Å². The number of hydrogen-bond donors (Lipinski definition) is 0. The van der Waals surface area contributed by atoms with Crippen molar-refractivity contribution in [2.75, 3.05) is 18.0 Å². The maximum atomic E-state index is 5.92. The number of rotatable bonds is 6. The summed E-state index contributed by atoms with van der Waals surface area (Å²) in [7, 11) is 0. The summed E-state index contributed by atoms with van der Waals surface area (Å²) >= 11 is 1.79. The molecule has 2 aromatic carbocycles. The van der Waals surface area contributed by atoms with Crippen molar-refractivity contribution in [1.29, 1.82) is 0 Å². The minimum absolute atomic E-state index is 0.536. The first-order valence-corrected chi connectivity index (χ1v) is 11.7. The molecule has 0 N–H and O–H groups in total. The van der Waals surface area contributed by atoms with Crippen molar-refractivity contribution in [1.82, 2.24) is 15.0 Å². The molecule has 3 heterocycles. The molecule has 5 rings (SSSR count). The molecule has 0 unspecified atom stereocenters. The number of piperidine rings is 1. The van der Waals surface area contributed by atoms with Crippen LogP contribution < -0.4 is 9.64 Å². The van der Waals surface area contributed by atoms with Gasteiger partial charge < -0.3 is 9.64 Å². The Balaban J connectivity index is 1.16. The highest BCUT2D eigenvalue weighted by Gasteiger charge is 2.23. The van der Waals surface area contributed by atoms with E-state index >= 15 is 0 Å². The number of nitrogens with zero attached hydrogens (tertiary/aromatic N) is 4. The molecule has 1 fully saturated rings. The van der Waals surface area contributed by atoms with Gasteiger partial charge in [-0.1, -0.05) is 53.8 Å². The Labute approximate surface area is 186 Å². The van der Waals surface area contributed by atoms with Crippen LogP contribution in [0.4, 0.5) is 5.13 Å². The third-order valence-electron chi connectivity index (χ3n) is 5.86. The molecule has 0 amide bonds. The maximum Gasteiger partial charge on any atom is 0.186 e. The quantitative estimate of drug-likeness (QED) is 0.408. The van der Waals surface area contributed by atoms with Crippen molar-refractivity contribution in [3.05, 3.63) is 77.9 Å². The highest BCUT2D eigenvalue weighted by molar-refractivity contribution is 7.22. The summed E-state index contributed by atoms with van der Waals surface area (Å²) in [6.45, 7) is 4.62. The fraction of sp³-hybridized carbons (Fsp3) is 0.320. The van der Waals surface area contributed by atoms with Crippen LogP contribution in [0.1, 0.15) is 29.9 Å². The van der Waals surface area contributed by atoms with E-state index in [1.165, 1.54) is 4.70 Å². The van der Waals surface area contributed by atoms with Crippen molar-refractivity contribution < 1.29 is 4.74 Å². The zero-order valence-electron chi connectivity index (χ0n) is 17.7. The molecule has 0 bridgehead atoms. The molecule has 0 atom stereocenters. The Hall–Kier alpha value is -2.99. The van der Waals surface area contributed by atoms with Gasteiger partial charge in [-0.15, -0.1) is 0 Å². The highest BCUT2D eigenvalue weighted by Crippen LogP contribution is 2.32. The van der Waals surface area contributed by atoms with Gasteiger partial charge in [-0.05, 0) is 43.4 Å². The van der Waals surface area contributed by atoms with E-state index in [2.05, 4.69) is 46.3 Å². The zero-order chi connectivity index (χ0) is 21.0. The van der Waals surface area contributed by atoms with E-state index in [0.29, 0.717) is 12.5 Å². The first-order chi connectivity index (χ1) is 15.2. The fourth-order valence-electron chi connectivity index (χ4n) is 4.06. The monoisotopic (exact) mass is 430 g/mol. The number of fused-ring (bicyclic) bond motifs is 1. The van der Waals surface area contributed by atoms with Crippen LogP contribution in [-0.2, 0) is 13.0 Å². The number of aryl methyl sites for hydroxylation is 1. The molecule has 158 valence electrons. The molecular formula is C25H26N4OS. The summed E-state index contributed by atoms with van der Waals surface area (Å²) in [6.07, 6.45) is 5.04. The summed E-state index contributed by atoms with van der Waals surface area (Å²) in [5.74, 6) is 2.29. The first-order valence-electron chi connectivity index (χ1n) is 10.8. The van der Waals surface area contributed by atoms with Gasteiger partial charge in [0.15, 0.2) is 10.9 Å². The van der Waals surface area contributed by atoms with E-state index in [9.17, 15) is 0 Å². The van der Waals surface area contributed by atoms with Crippen LogP contribution in [0.2, 0.25) is 0 Å². The van der Waals surface area contributed by atoms with Crippen LogP contribution in [-0.4, -0.2) is 28.0 Å². The molecule has 4 aromatic rings. The smallest absolute Gasteiger partial charge is 0.186 e. The third kappa shape index (κ3) is 4.69. The van der Waals surface area contributed by atoms with Gasteiger partial charge in [-0.2, -0.15) is 0 Å². The van der Waals surface area contributed by atoms with Gasteiger partial charge in [0.1, 0.15) is 12.4 Å². The van der Waals surface area contributed by atoms with Crippen molar-refractivity contribution in [2.24, 2.45) is 5.92 Å². The van der Waals surface area contributed by atoms with Crippen LogP contribution >= 0.6 is 11.3 Å². The van der Waals surface area contributed by atoms with E-state index in [1.54, 1.807) is 11.3 Å². The molecule has 6 heteroatoms. The molecule has 1 saturated heterocycles. The van der Waals surface area contributed by atoms with Gasteiger partial charge in [0.05, 0.1) is 22.1 Å². The molecular weight excluding hydrogens is 404 g/mol. The molecule has 5 nitrogen and oxygen atoms in total. The van der Waals surface area contributed by atoms with E-state index in [1.807, 2.05) is 31.3 Å². The van der Waals surface area contributed by atoms with Crippen LogP contribution in [0.3, 0.4) is 0 Å². The van der Waals surface area contributed by atoms with Crippen molar-refractivity contribution in [2.45, 2.75) is 32.8 Å². The van der Waals surface area contributed by atoms with Crippen LogP contribution in [0.25, 0.3) is 10.2 Å². The lowest BCUT2D eigenvalue weighted by Gasteiger charge is -2.31. The number of aromatic nitrogens is 3. The lowest BCUT2D eigenvalue weighted by Crippen LogP contribution is -2.34. The summed E-state index contributed by atoms with van der Waals surface area (Å²) in [6, 6.07) is 18.5. The molecule has 1 aliphatic heterocycles. The lowest BCUT2D eigenvalue weighted by molar-refractivity contribution is 0.300. The maximum absolute atomic E-state index is 5.92. The van der Waals surface area contributed by atoms with Gasteiger partial charge in [-0.25, -0.2) is 15.0 Å². The standard InChI is InChI=1S/C25H26N4OS/c1-18-22(30-17-20-7-3-2-4-8-20)16-26-24(27-18)15-19-11-13-29(14-12-19)25-28-21-9-5-6-10-23(21)31-25/h2-10,16,19H,11-15,17H2,1H3. The molecule has 1 aliphatic rings. The Morgan fingerprint density at radius 3 is 2.55 bits per heavy atom. The number of ether oxygens (including phenoxy) is 1. The number of thiazole rings is 1. The van der Waals surface area contributed by atoms with Crippen LogP contribution in [0.5, 0.6) is 5.75 Å². The summed E-state index contributed by atoms with van der Waals surface area (Å²) < 4.78 is 7.18. The van der Waals surface area contributed by atoms with Gasteiger partial charge in [-0.3, -0.25) is 0 Å². The largest absolute Gasteiger partial charge is 0.485 e. The van der Waals surface area contributed by atoms with E-state index in [4.69, 9.17) is 14.7 Å². The SMILES string of the molecule is Cc1nc(CC2CCN(c3nc4ccccc4s3)CC2)ncc1OCc1ccccc1. The zero-order valence-corrected chi connectivity index (χ0v) is 18.5. The highest BCUT2D eigenvalue weighted by atomic mass is 32.1. The molecule has 0 aliphatic carbocycles. The predicted octanol–water partition coefficient (Wildman–Crippen LogP) is 5.43. The summed E-state index contributed by atoms with van der Waals surface area (Å²) in [5, 5.41) is 1.15. The van der Waals surface area contributed by atoms with Crippen molar-refractivity contribution in [3.8, 4) is 5.75 Å². The molecule has 31 heavy (non-hydrogen) atoms. The van der Waals surface area contributed by atoms with Gasteiger partial charge >= 0.3 is 0 Å². The molecule has 0 spiro atoms. The number of anilines is 1. The number of para-hydroxylation sites is 1. The normalized spacial score (nSPS) is 14.8. The van der Waals surface area contributed by atoms with E-state index in [0.717, 1.165) is 65.8 Å². The Morgan fingerprint density at radius 1 is 1.00 bits per heavy atom. The predicted molar refractivity (Wildman–Crippen MR) is 126 cm³/mol. The first kappa shape index (κ1) is 19.9.